The molecule has 4 nitrogen and oxygen atoms in total. The SMILES string of the molecule is CCc1ccc(NC(c2cccnc2)c2ncc[nH]2)cc1CC. The second kappa shape index (κ2) is 7.09. The van der Waals surface area contributed by atoms with Crippen LogP contribution in [0.2, 0.25) is 0 Å². The third kappa shape index (κ3) is 3.42. The number of hydrogen-bond donors (Lipinski definition) is 2. The normalized spacial score (nSPS) is 12.1. The number of aromatic amines is 1. The van der Waals surface area contributed by atoms with E-state index >= 15 is 0 Å². The summed E-state index contributed by atoms with van der Waals surface area (Å²) in [6.07, 6.45) is 9.38. The molecular weight excluding hydrogens is 284 g/mol. The van der Waals surface area contributed by atoms with Crippen molar-refractivity contribution in [2.75, 3.05) is 5.32 Å². The predicted octanol–water partition coefficient (Wildman–Crippen LogP) is 4.13. The number of nitrogens with one attached hydrogen (secondary N) is 2. The fourth-order valence-corrected chi connectivity index (χ4v) is 2.85. The highest BCUT2D eigenvalue weighted by molar-refractivity contribution is 5.51. The molecule has 0 saturated carbocycles. The van der Waals surface area contributed by atoms with Crippen LogP contribution in [0.1, 0.15) is 42.4 Å². The molecule has 0 aliphatic heterocycles. The highest BCUT2D eigenvalue weighted by atomic mass is 15.0. The van der Waals surface area contributed by atoms with Gasteiger partial charge in [-0.2, -0.15) is 0 Å². The van der Waals surface area contributed by atoms with Crippen molar-refractivity contribution in [1.82, 2.24) is 15.0 Å². The smallest absolute Gasteiger partial charge is 0.133 e. The van der Waals surface area contributed by atoms with Gasteiger partial charge < -0.3 is 10.3 Å². The van der Waals surface area contributed by atoms with Crippen LogP contribution in [0, 0.1) is 0 Å². The standard InChI is InChI=1S/C19H22N4/c1-3-14-7-8-17(12-15(14)4-2)23-18(19-21-10-11-22-19)16-6-5-9-20-13-16/h5-13,18,23H,3-4H2,1-2H3,(H,21,22). The Morgan fingerprint density at radius 2 is 1.96 bits per heavy atom. The number of H-pyrrole nitrogens is 1. The summed E-state index contributed by atoms with van der Waals surface area (Å²) in [6.45, 7) is 4.40. The summed E-state index contributed by atoms with van der Waals surface area (Å²) in [5.41, 5.74) is 4.99. The second-order valence-electron chi connectivity index (χ2n) is 5.53. The number of imidazole rings is 1. The topological polar surface area (TPSA) is 53.6 Å². The third-order valence-electron chi connectivity index (χ3n) is 4.09. The summed E-state index contributed by atoms with van der Waals surface area (Å²) in [7, 11) is 0. The van der Waals surface area contributed by atoms with E-state index in [-0.39, 0.29) is 6.04 Å². The van der Waals surface area contributed by atoms with Crippen LogP contribution >= 0.6 is 0 Å². The first-order valence-electron chi connectivity index (χ1n) is 8.09. The predicted molar refractivity (Wildman–Crippen MR) is 93.5 cm³/mol. The van der Waals surface area contributed by atoms with Crippen LogP contribution in [0.5, 0.6) is 0 Å². The van der Waals surface area contributed by atoms with Gasteiger partial charge in [0.25, 0.3) is 0 Å². The van der Waals surface area contributed by atoms with Crippen LogP contribution in [0.4, 0.5) is 5.69 Å². The van der Waals surface area contributed by atoms with Crippen LogP contribution in [-0.2, 0) is 12.8 Å². The molecule has 23 heavy (non-hydrogen) atoms. The van der Waals surface area contributed by atoms with Gasteiger partial charge in [-0.1, -0.05) is 26.0 Å². The van der Waals surface area contributed by atoms with Crippen molar-refractivity contribution in [2.24, 2.45) is 0 Å². The quantitative estimate of drug-likeness (QED) is 0.720. The number of benzene rings is 1. The molecular formula is C19H22N4. The maximum Gasteiger partial charge on any atom is 0.133 e. The monoisotopic (exact) mass is 306 g/mol. The highest BCUT2D eigenvalue weighted by Gasteiger charge is 2.17. The van der Waals surface area contributed by atoms with E-state index in [0.717, 1.165) is 29.9 Å². The zero-order chi connectivity index (χ0) is 16.1. The van der Waals surface area contributed by atoms with Crippen LogP contribution < -0.4 is 5.32 Å². The Bertz CT molecular complexity index is 735. The average Bonchev–Trinajstić information content (AvgIpc) is 3.14. The Kier molecular flexibility index (Phi) is 4.71. The van der Waals surface area contributed by atoms with Crippen molar-refractivity contribution in [3.05, 3.63) is 77.6 Å². The van der Waals surface area contributed by atoms with Crippen molar-refractivity contribution >= 4 is 5.69 Å². The Balaban J connectivity index is 1.93. The van der Waals surface area contributed by atoms with Gasteiger partial charge in [-0.05, 0) is 42.2 Å². The number of anilines is 1. The van der Waals surface area contributed by atoms with Crippen LogP contribution in [0.25, 0.3) is 0 Å². The molecule has 3 aromatic rings. The van der Waals surface area contributed by atoms with Crippen molar-refractivity contribution in [3.63, 3.8) is 0 Å². The Hall–Kier alpha value is -2.62. The highest BCUT2D eigenvalue weighted by Crippen LogP contribution is 2.25. The van der Waals surface area contributed by atoms with Gasteiger partial charge in [-0.25, -0.2) is 4.98 Å². The maximum atomic E-state index is 4.42. The summed E-state index contributed by atoms with van der Waals surface area (Å²) in [5.74, 6) is 0.885. The minimum atomic E-state index is -0.0455. The first kappa shape index (κ1) is 15.3. The molecule has 1 unspecified atom stereocenters. The molecule has 0 saturated heterocycles. The van der Waals surface area contributed by atoms with E-state index in [0.29, 0.717) is 0 Å². The lowest BCUT2D eigenvalue weighted by atomic mass is 10.0. The zero-order valence-corrected chi connectivity index (χ0v) is 13.6. The number of pyridine rings is 1. The summed E-state index contributed by atoms with van der Waals surface area (Å²) in [5, 5.41) is 3.59. The molecule has 2 N–H and O–H groups in total. The van der Waals surface area contributed by atoms with Gasteiger partial charge in [0, 0.05) is 36.0 Å². The van der Waals surface area contributed by atoms with E-state index in [1.54, 1.807) is 12.4 Å². The van der Waals surface area contributed by atoms with Gasteiger partial charge in [-0.15, -0.1) is 0 Å². The molecule has 2 aromatic heterocycles. The van der Waals surface area contributed by atoms with Crippen molar-refractivity contribution in [3.8, 4) is 0 Å². The summed E-state index contributed by atoms with van der Waals surface area (Å²) >= 11 is 0. The zero-order valence-electron chi connectivity index (χ0n) is 13.6. The largest absolute Gasteiger partial charge is 0.371 e. The Morgan fingerprint density at radius 3 is 2.61 bits per heavy atom. The van der Waals surface area contributed by atoms with Crippen molar-refractivity contribution in [2.45, 2.75) is 32.7 Å². The molecule has 3 rings (SSSR count). The van der Waals surface area contributed by atoms with E-state index in [4.69, 9.17) is 0 Å². The van der Waals surface area contributed by atoms with Gasteiger partial charge in [0.15, 0.2) is 0 Å². The van der Waals surface area contributed by atoms with Crippen LogP contribution in [0.15, 0.2) is 55.1 Å². The molecule has 0 bridgehead atoms. The van der Waals surface area contributed by atoms with E-state index in [9.17, 15) is 0 Å². The van der Waals surface area contributed by atoms with Gasteiger partial charge in [-0.3, -0.25) is 4.98 Å². The number of aryl methyl sites for hydroxylation is 2. The lowest BCUT2D eigenvalue weighted by molar-refractivity contribution is 0.847. The van der Waals surface area contributed by atoms with Gasteiger partial charge in [0.05, 0.1) is 0 Å². The van der Waals surface area contributed by atoms with Crippen molar-refractivity contribution in [1.29, 1.82) is 0 Å². The van der Waals surface area contributed by atoms with Crippen molar-refractivity contribution < 1.29 is 0 Å². The number of rotatable bonds is 6. The molecule has 0 amide bonds. The van der Waals surface area contributed by atoms with Gasteiger partial charge in [0.1, 0.15) is 11.9 Å². The second-order valence-corrected chi connectivity index (χ2v) is 5.53. The lowest BCUT2D eigenvalue weighted by Gasteiger charge is -2.19. The molecule has 2 heterocycles. The maximum absolute atomic E-state index is 4.42. The molecule has 1 atom stereocenters. The minimum absolute atomic E-state index is 0.0455. The van der Waals surface area contributed by atoms with Gasteiger partial charge >= 0.3 is 0 Å². The molecule has 0 aliphatic carbocycles. The first-order chi connectivity index (χ1) is 11.3. The van der Waals surface area contributed by atoms with Gasteiger partial charge in [0.2, 0.25) is 0 Å². The van der Waals surface area contributed by atoms with E-state index in [1.165, 1.54) is 11.1 Å². The molecule has 1 aromatic carbocycles. The Labute approximate surface area is 137 Å². The van der Waals surface area contributed by atoms with E-state index in [2.05, 4.69) is 58.4 Å². The average molecular weight is 306 g/mol. The number of nitrogens with zero attached hydrogens (tertiary/aromatic N) is 2. The molecule has 0 spiro atoms. The molecule has 4 heteroatoms. The fourth-order valence-electron chi connectivity index (χ4n) is 2.85. The fraction of sp³-hybridized carbons (Fsp3) is 0.263. The third-order valence-corrected chi connectivity index (χ3v) is 4.09. The molecule has 118 valence electrons. The molecule has 0 radical (unpaired) electrons. The molecule has 0 aliphatic rings. The van der Waals surface area contributed by atoms with Crippen LogP contribution in [-0.4, -0.2) is 15.0 Å². The minimum Gasteiger partial charge on any atom is -0.371 e. The number of aromatic nitrogens is 3. The summed E-state index contributed by atoms with van der Waals surface area (Å²) in [6, 6.07) is 10.6. The summed E-state index contributed by atoms with van der Waals surface area (Å²) in [4.78, 5) is 11.9. The Morgan fingerprint density at radius 1 is 1.09 bits per heavy atom. The first-order valence-corrected chi connectivity index (χ1v) is 8.09. The van der Waals surface area contributed by atoms with E-state index < -0.39 is 0 Å². The van der Waals surface area contributed by atoms with E-state index in [1.807, 2.05) is 18.5 Å². The number of hydrogen-bond acceptors (Lipinski definition) is 3. The summed E-state index contributed by atoms with van der Waals surface area (Å²) < 4.78 is 0. The molecule has 0 fully saturated rings. The van der Waals surface area contributed by atoms with Crippen LogP contribution in [0.3, 0.4) is 0 Å². The lowest BCUT2D eigenvalue weighted by Crippen LogP contribution is -2.14.